The van der Waals surface area contributed by atoms with Crippen molar-refractivity contribution in [3.8, 4) is 44.8 Å². The fourth-order valence-corrected chi connectivity index (χ4v) is 11.0. The van der Waals surface area contributed by atoms with E-state index in [4.69, 9.17) is 0 Å². The van der Waals surface area contributed by atoms with Gasteiger partial charge in [0.15, 0.2) is 0 Å². The molecule has 0 saturated heterocycles. The zero-order chi connectivity index (χ0) is 41.5. The van der Waals surface area contributed by atoms with Gasteiger partial charge in [0, 0.05) is 32.8 Å². The summed E-state index contributed by atoms with van der Waals surface area (Å²) in [6.07, 6.45) is 0. The number of hydrogen-bond donors (Lipinski definition) is 0. The highest BCUT2D eigenvalue weighted by molar-refractivity contribution is 6.13. The van der Waals surface area contributed by atoms with Crippen LogP contribution in [0, 0.1) is 0 Å². The summed E-state index contributed by atoms with van der Waals surface area (Å²) < 4.78 is 4.94. The first-order valence-corrected chi connectivity index (χ1v) is 21.8. The summed E-state index contributed by atoms with van der Waals surface area (Å²) in [5.41, 5.74) is 19.1. The van der Waals surface area contributed by atoms with Gasteiger partial charge in [-0.3, -0.25) is 0 Å². The molecule has 10 aromatic carbocycles. The molecule has 294 valence electrons. The van der Waals surface area contributed by atoms with Gasteiger partial charge in [-0.15, -0.1) is 0 Å². The molecule has 0 fully saturated rings. The molecule has 0 spiro atoms. The van der Waals surface area contributed by atoms with Gasteiger partial charge in [0.25, 0.3) is 0 Å². The molecule has 0 radical (unpaired) electrons. The van der Waals surface area contributed by atoms with Crippen LogP contribution in [-0.2, 0) is 5.41 Å². The molecule has 0 N–H and O–H groups in total. The van der Waals surface area contributed by atoms with Gasteiger partial charge in [-0.25, -0.2) is 0 Å². The van der Waals surface area contributed by atoms with E-state index < -0.39 is 5.41 Å². The second-order valence-corrected chi connectivity index (χ2v) is 16.8. The normalized spacial score (nSPS) is 12.9. The zero-order valence-corrected chi connectivity index (χ0v) is 34.5. The molecule has 2 heteroatoms. The van der Waals surface area contributed by atoms with Crippen LogP contribution in [0.5, 0.6) is 0 Å². The van der Waals surface area contributed by atoms with Crippen molar-refractivity contribution < 1.29 is 0 Å². The Hall–Kier alpha value is -8.20. The van der Waals surface area contributed by atoms with Gasteiger partial charge in [-0.2, -0.15) is 0 Å². The first kappa shape index (κ1) is 35.5. The van der Waals surface area contributed by atoms with Gasteiger partial charge in [-0.1, -0.05) is 188 Å². The molecule has 0 bridgehead atoms. The molecular weight excluding hydrogens is 761 g/mol. The Morgan fingerprint density at radius 1 is 0.286 bits per heavy atom. The van der Waals surface area contributed by atoms with Crippen molar-refractivity contribution in [2.45, 2.75) is 5.41 Å². The maximum atomic E-state index is 2.53. The van der Waals surface area contributed by atoms with E-state index in [0.29, 0.717) is 0 Å². The van der Waals surface area contributed by atoms with Crippen LogP contribution in [0.3, 0.4) is 0 Å². The van der Waals surface area contributed by atoms with Gasteiger partial charge in [0.1, 0.15) is 0 Å². The van der Waals surface area contributed by atoms with E-state index in [0.717, 1.165) is 5.69 Å². The van der Waals surface area contributed by atoms with Crippen LogP contribution in [0.4, 0.5) is 0 Å². The molecule has 0 aliphatic heterocycles. The summed E-state index contributed by atoms with van der Waals surface area (Å²) in [5, 5.41) is 4.97. The third kappa shape index (κ3) is 5.19. The number of hydrogen-bond acceptors (Lipinski definition) is 0. The lowest BCUT2D eigenvalue weighted by Crippen LogP contribution is -2.29. The van der Waals surface area contributed by atoms with Crippen molar-refractivity contribution in [3.63, 3.8) is 0 Å². The van der Waals surface area contributed by atoms with Crippen LogP contribution in [0.15, 0.2) is 243 Å². The third-order valence-electron chi connectivity index (χ3n) is 13.6. The Labute approximate surface area is 366 Å². The summed E-state index contributed by atoms with van der Waals surface area (Å²) in [6, 6.07) is 89.5. The lowest BCUT2D eigenvalue weighted by molar-refractivity contribution is 0.762. The van der Waals surface area contributed by atoms with E-state index in [-0.39, 0.29) is 0 Å². The number of nitrogens with zero attached hydrogens (tertiary/aromatic N) is 2. The fourth-order valence-electron chi connectivity index (χ4n) is 11.0. The van der Waals surface area contributed by atoms with Crippen molar-refractivity contribution in [1.29, 1.82) is 0 Å². The van der Waals surface area contributed by atoms with Crippen LogP contribution in [0.2, 0.25) is 0 Å². The van der Waals surface area contributed by atoms with Crippen LogP contribution in [0.25, 0.3) is 88.4 Å². The predicted octanol–water partition coefficient (Wildman–Crippen LogP) is 15.6. The van der Waals surface area contributed by atoms with Crippen LogP contribution >= 0.6 is 0 Å². The van der Waals surface area contributed by atoms with Gasteiger partial charge in [-0.05, 0) is 105 Å². The van der Waals surface area contributed by atoms with E-state index in [1.54, 1.807) is 0 Å². The minimum atomic E-state index is -0.528. The molecule has 2 aromatic heterocycles. The summed E-state index contributed by atoms with van der Waals surface area (Å²) in [6.45, 7) is 0. The second-order valence-electron chi connectivity index (χ2n) is 16.8. The van der Waals surface area contributed by atoms with Crippen molar-refractivity contribution in [2.24, 2.45) is 0 Å². The molecule has 63 heavy (non-hydrogen) atoms. The molecule has 0 unspecified atom stereocenters. The highest BCUT2D eigenvalue weighted by Crippen LogP contribution is 2.58. The summed E-state index contributed by atoms with van der Waals surface area (Å²) in [4.78, 5) is 0. The minimum absolute atomic E-state index is 0.528. The molecule has 0 saturated carbocycles. The molecule has 12 aromatic rings. The predicted molar refractivity (Wildman–Crippen MR) is 263 cm³/mol. The Balaban J connectivity index is 1.01. The fraction of sp³-hybridized carbons (Fsp3) is 0.0164. The van der Waals surface area contributed by atoms with Crippen LogP contribution < -0.4 is 0 Å². The third-order valence-corrected chi connectivity index (χ3v) is 13.6. The smallest absolute Gasteiger partial charge is 0.0734 e. The lowest BCUT2D eigenvalue weighted by Gasteiger charge is -2.35. The highest BCUT2D eigenvalue weighted by atomic mass is 15.0. The average molecular weight is 801 g/mol. The zero-order valence-electron chi connectivity index (χ0n) is 34.5. The second kappa shape index (κ2) is 13.9. The quantitative estimate of drug-likeness (QED) is 0.159. The van der Waals surface area contributed by atoms with E-state index in [9.17, 15) is 0 Å². The Bertz CT molecular complexity index is 3680. The largest absolute Gasteiger partial charge is 0.309 e. The highest BCUT2D eigenvalue weighted by Gasteiger charge is 2.48. The van der Waals surface area contributed by atoms with E-state index in [1.807, 2.05) is 0 Å². The van der Waals surface area contributed by atoms with Crippen molar-refractivity contribution in [3.05, 3.63) is 265 Å². The van der Waals surface area contributed by atoms with Crippen molar-refractivity contribution in [2.75, 3.05) is 0 Å². The Morgan fingerprint density at radius 3 is 1.43 bits per heavy atom. The average Bonchev–Trinajstić information content (AvgIpc) is 3.99. The molecule has 0 amide bonds. The standard InChI is InChI=1S/C61H40N2/c1-4-18-41(19-5-1)42-20-16-25-47(38-42)62-55-31-14-11-27-49(55)52-39-43(34-36-57(52)62)44-35-37-58-53(40-44)50-28-12-15-32-56(50)63(58)59-33-17-29-51-48-26-10-13-30-54(48)61(60(51)59,45-21-6-2-7-22-45)46-23-8-3-9-24-46/h1-40H. The van der Waals surface area contributed by atoms with Gasteiger partial charge >= 0.3 is 0 Å². The maximum Gasteiger partial charge on any atom is 0.0734 e. The summed E-state index contributed by atoms with van der Waals surface area (Å²) in [5.74, 6) is 0. The van der Waals surface area contributed by atoms with Crippen molar-refractivity contribution in [1.82, 2.24) is 9.13 Å². The van der Waals surface area contributed by atoms with E-state index >= 15 is 0 Å². The number of para-hydroxylation sites is 2. The van der Waals surface area contributed by atoms with Crippen LogP contribution in [0.1, 0.15) is 22.3 Å². The van der Waals surface area contributed by atoms with Gasteiger partial charge < -0.3 is 9.13 Å². The number of aromatic nitrogens is 2. The Kier molecular flexibility index (Phi) is 7.85. The maximum absolute atomic E-state index is 2.53. The van der Waals surface area contributed by atoms with Gasteiger partial charge in [0.2, 0.25) is 0 Å². The van der Waals surface area contributed by atoms with Gasteiger partial charge in [0.05, 0.1) is 33.2 Å². The molecule has 1 aliphatic rings. The first-order valence-electron chi connectivity index (χ1n) is 21.8. The first-order chi connectivity index (χ1) is 31.3. The monoisotopic (exact) mass is 800 g/mol. The number of rotatable bonds is 6. The molecule has 2 heterocycles. The van der Waals surface area contributed by atoms with Crippen molar-refractivity contribution >= 4 is 43.6 Å². The molecule has 2 nitrogen and oxygen atoms in total. The van der Waals surface area contributed by atoms with E-state index in [1.165, 1.54) is 105 Å². The lowest BCUT2D eigenvalue weighted by atomic mass is 9.67. The topological polar surface area (TPSA) is 9.86 Å². The molecule has 0 atom stereocenters. The molecule has 13 rings (SSSR count). The summed E-state index contributed by atoms with van der Waals surface area (Å²) in [7, 11) is 0. The number of fused-ring (bicyclic) bond motifs is 9. The van der Waals surface area contributed by atoms with E-state index in [2.05, 4.69) is 252 Å². The SMILES string of the molecule is c1ccc(-c2cccc(-n3c4ccccc4c4cc(-c5ccc6c(c5)c5ccccc5n6-c5cccc6c5C(c5ccccc5)(c5ccccc5)c5ccccc5-6)ccc43)c2)cc1. The number of benzene rings is 10. The summed E-state index contributed by atoms with van der Waals surface area (Å²) >= 11 is 0. The molecular formula is C61H40N2. The molecule has 1 aliphatic carbocycles. The van der Waals surface area contributed by atoms with Crippen LogP contribution in [-0.4, -0.2) is 9.13 Å². The minimum Gasteiger partial charge on any atom is -0.309 e. The Morgan fingerprint density at radius 2 is 0.762 bits per heavy atom.